The summed E-state index contributed by atoms with van der Waals surface area (Å²) in [7, 11) is 4.16. The summed E-state index contributed by atoms with van der Waals surface area (Å²) in [6.45, 7) is 8.72. The van der Waals surface area contributed by atoms with Crippen molar-refractivity contribution in [3.8, 4) is 0 Å². The number of aryl methyl sites for hydroxylation is 1. The second-order valence-corrected chi connectivity index (χ2v) is 9.91. The smallest absolute Gasteiger partial charge is 0.475 e. The van der Waals surface area contributed by atoms with Gasteiger partial charge in [0, 0.05) is 54.6 Å². The molecule has 0 amide bonds. The van der Waals surface area contributed by atoms with Crippen LogP contribution in [-0.4, -0.2) is 94.5 Å². The molecule has 0 saturated carbocycles. The average Bonchev–Trinajstić information content (AvgIpc) is 3.34. The van der Waals surface area contributed by atoms with E-state index in [0.717, 1.165) is 45.9 Å². The van der Waals surface area contributed by atoms with Gasteiger partial charge in [0.1, 0.15) is 0 Å². The van der Waals surface area contributed by atoms with E-state index in [0.29, 0.717) is 5.92 Å². The minimum Gasteiger partial charge on any atom is -0.475 e. The van der Waals surface area contributed by atoms with Gasteiger partial charge in [0.05, 0.1) is 18.9 Å². The summed E-state index contributed by atoms with van der Waals surface area (Å²) in [4.78, 5) is 25.3. The van der Waals surface area contributed by atoms with Gasteiger partial charge in [0.2, 0.25) is 0 Å². The van der Waals surface area contributed by atoms with E-state index in [1.165, 1.54) is 15.4 Å². The molecule has 0 bridgehead atoms. The van der Waals surface area contributed by atoms with Gasteiger partial charge in [-0.15, -0.1) is 11.3 Å². The quantitative estimate of drug-likeness (QED) is 0.380. The molecular formula is C22H30F6N4O5S. The van der Waals surface area contributed by atoms with E-state index < -0.39 is 24.3 Å². The van der Waals surface area contributed by atoms with Crippen LogP contribution >= 0.6 is 11.3 Å². The number of rotatable bonds is 7. The molecule has 0 spiro atoms. The lowest BCUT2D eigenvalue weighted by molar-refractivity contribution is -0.193. The normalized spacial score (nSPS) is 16.0. The number of carboxylic acids is 2. The molecular weight excluding hydrogens is 546 g/mol. The van der Waals surface area contributed by atoms with Crippen LogP contribution in [0.5, 0.6) is 0 Å². The molecule has 1 atom stereocenters. The van der Waals surface area contributed by atoms with Crippen LogP contribution in [-0.2, 0) is 34.0 Å². The van der Waals surface area contributed by atoms with Crippen LogP contribution in [0.15, 0.2) is 24.4 Å². The van der Waals surface area contributed by atoms with Crippen LogP contribution < -0.4 is 0 Å². The van der Waals surface area contributed by atoms with Crippen molar-refractivity contribution in [2.24, 2.45) is 5.92 Å². The van der Waals surface area contributed by atoms with Gasteiger partial charge in [-0.25, -0.2) is 9.59 Å². The number of aromatic nitrogens is 2. The first-order valence-electron chi connectivity index (χ1n) is 11.1. The molecule has 2 N–H and O–H groups in total. The molecule has 0 aromatic carbocycles. The predicted molar refractivity (Wildman–Crippen MR) is 126 cm³/mol. The van der Waals surface area contributed by atoms with Crippen molar-refractivity contribution in [2.45, 2.75) is 38.9 Å². The molecule has 3 rings (SSSR count). The Morgan fingerprint density at radius 1 is 1.08 bits per heavy atom. The van der Waals surface area contributed by atoms with Gasteiger partial charge in [-0.1, -0.05) is 0 Å². The van der Waals surface area contributed by atoms with Gasteiger partial charge in [0.15, 0.2) is 0 Å². The SMILES string of the molecule is Cc1ccc(CN2Cc3ccnn3CC(COCCN(C)C)C2)s1.O=C(O)C(F)(F)F.O=C(O)C(F)(F)F. The number of nitrogens with zero attached hydrogens (tertiary/aromatic N) is 4. The van der Waals surface area contributed by atoms with Crippen molar-refractivity contribution >= 4 is 23.3 Å². The zero-order valence-corrected chi connectivity index (χ0v) is 21.7. The molecule has 0 radical (unpaired) electrons. The van der Waals surface area contributed by atoms with E-state index >= 15 is 0 Å². The Bertz CT molecular complexity index is 985. The number of alkyl halides is 6. The summed E-state index contributed by atoms with van der Waals surface area (Å²) >= 11 is 1.90. The third-order valence-electron chi connectivity index (χ3n) is 4.83. The highest BCUT2D eigenvalue weighted by molar-refractivity contribution is 7.11. The summed E-state index contributed by atoms with van der Waals surface area (Å²) in [5.74, 6) is -5.03. The van der Waals surface area contributed by atoms with Crippen LogP contribution in [0.2, 0.25) is 0 Å². The van der Waals surface area contributed by atoms with Crippen molar-refractivity contribution in [3.05, 3.63) is 39.8 Å². The van der Waals surface area contributed by atoms with Crippen LogP contribution in [0.25, 0.3) is 0 Å². The van der Waals surface area contributed by atoms with Crippen molar-refractivity contribution in [1.82, 2.24) is 19.6 Å². The Kier molecular flexibility index (Phi) is 13.2. The summed E-state index contributed by atoms with van der Waals surface area (Å²) in [6, 6.07) is 6.61. The molecule has 1 aliphatic rings. The lowest BCUT2D eigenvalue weighted by Gasteiger charge is -2.23. The first kappa shape index (κ1) is 33.3. The maximum absolute atomic E-state index is 10.6. The predicted octanol–water partition coefficient (Wildman–Crippen LogP) is 3.73. The first-order chi connectivity index (χ1) is 17.5. The molecule has 1 aliphatic heterocycles. The fourth-order valence-electron chi connectivity index (χ4n) is 3.13. The van der Waals surface area contributed by atoms with Crippen molar-refractivity contribution in [3.63, 3.8) is 0 Å². The molecule has 2 aromatic heterocycles. The Morgan fingerprint density at radius 2 is 1.66 bits per heavy atom. The third kappa shape index (κ3) is 13.2. The molecule has 38 heavy (non-hydrogen) atoms. The van der Waals surface area contributed by atoms with Gasteiger partial charge in [-0.2, -0.15) is 31.4 Å². The third-order valence-corrected chi connectivity index (χ3v) is 5.82. The maximum atomic E-state index is 10.6. The van der Waals surface area contributed by atoms with Crippen molar-refractivity contribution in [1.29, 1.82) is 0 Å². The van der Waals surface area contributed by atoms with E-state index in [1.54, 1.807) is 0 Å². The van der Waals surface area contributed by atoms with E-state index in [2.05, 4.69) is 58.8 Å². The van der Waals surface area contributed by atoms with E-state index in [4.69, 9.17) is 24.5 Å². The summed E-state index contributed by atoms with van der Waals surface area (Å²) in [5.41, 5.74) is 1.30. The number of halogens is 6. The van der Waals surface area contributed by atoms with Gasteiger partial charge < -0.3 is 19.8 Å². The maximum Gasteiger partial charge on any atom is 0.490 e. The number of aliphatic carboxylic acids is 2. The number of carbonyl (C=O) groups is 2. The fourth-order valence-corrected chi connectivity index (χ4v) is 4.07. The topological polar surface area (TPSA) is 108 Å². The lowest BCUT2D eigenvalue weighted by Crippen LogP contribution is -2.30. The molecule has 3 heterocycles. The van der Waals surface area contributed by atoms with Crippen LogP contribution in [0, 0.1) is 12.8 Å². The summed E-state index contributed by atoms with van der Waals surface area (Å²) in [5, 5.41) is 18.7. The molecule has 9 nitrogen and oxygen atoms in total. The fraction of sp³-hybridized carbons (Fsp3) is 0.591. The first-order valence-corrected chi connectivity index (χ1v) is 11.9. The number of thiophene rings is 1. The van der Waals surface area contributed by atoms with Gasteiger partial charge >= 0.3 is 24.3 Å². The van der Waals surface area contributed by atoms with Crippen LogP contribution in [0.3, 0.4) is 0 Å². The monoisotopic (exact) mass is 576 g/mol. The molecule has 216 valence electrons. The number of hydrogen-bond acceptors (Lipinski definition) is 7. The van der Waals surface area contributed by atoms with Gasteiger partial charge in [-0.05, 0) is 39.2 Å². The summed E-state index contributed by atoms with van der Waals surface area (Å²) in [6.07, 6.45) is -8.25. The van der Waals surface area contributed by atoms with Gasteiger partial charge in [0.25, 0.3) is 0 Å². The summed E-state index contributed by atoms with van der Waals surface area (Å²) < 4.78 is 71.6. The molecule has 0 fully saturated rings. The minimum atomic E-state index is -5.08. The van der Waals surface area contributed by atoms with Gasteiger partial charge in [-0.3, -0.25) is 9.58 Å². The molecule has 16 heteroatoms. The molecule has 2 aromatic rings. The second kappa shape index (κ2) is 15.0. The average molecular weight is 577 g/mol. The highest BCUT2D eigenvalue weighted by atomic mass is 32.1. The number of fused-ring (bicyclic) bond motifs is 1. The standard InChI is InChI=1S/C18H28N4OS.2C2HF3O2/c1-15-4-5-18(24-15)13-21-10-16(14-23-9-8-20(2)3)11-22-17(12-21)6-7-19-22;2*3-2(4,5)1(6)7/h4-7,16H,8-14H2,1-3H3;2*(H,6,7). The highest BCUT2D eigenvalue weighted by Crippen LogP contribution is 2.22. The minimum absolute atomic E-state index is 0.481. The lowest BCUT2D eigenvalue weighted by atomic mass is 10.1. The van der Waals surface area contributed by atoms with Crippen molar-refractivity contribution in [2.75, 3.05) is 40.4 Å². The van der Waals surface area contributed by atoms with E-state index in [1.807, 2.05) is 17.5 Å². The number of hydrogen-bond donors (Lipinski definition) is 2. The van der Waals surface area contributed by atoms with E-state index in [9.17, 15) is 26.3 Å². The Morgan fingerprint density at radius 3 is 2.13 bits per heavy atom. The molecule has 0 aliphatic carbocycles. The Hall–Kier alpha value is -2.69. The zero-order valence-electron chi connectivity index (χ0n) is 20.9. The van der Waals surface area contributed by atoms with Crippen molar-refractivity contribution < 1.29 is 50.9 Å². The largest absolute Gasteiger partial charge is 0.490 e. The number of ether oxygens (including phenoxy) is 1. The molecule has 0 saturated heterocycles. The second-order valence-electron chi connectivity index (χ2n) is 8.54. The Labute approximate surface area is 219 Å². The number of carboxylic acid groups (broad SMARTS) is 2. The highest BCUT2D eigenvalue weighted by Gasteiger charge is 2.38. The zero-order chi connectivity index (χ0) is 29.1. The van der Waals surface area contributed by atoms with Crippen LogP contribution in [0.1, 0.15) is 15.4 Å². The Balaban J connectivity index is 0.000000426. The molecule has 1 unspecified atom stereocenters. The number of likely N-dealkylation sites (N-methyl/N-ethyl adjacent to an activating group) is 1. The van der Waals surface area contributed by atoms with Crippen LogP contribution in [0.4, 0.5) is 26.3 Å². The van der Waals surface area contributed by atoms with E-state index in [-0.39, 0.29) is 0 Å².